The van der Waals surface area contributed by atoms with Crippen molar-refractivity contribution < 1.29 is 13.2 Å². The van der Waals surface area contributed by atoms with Gasteiger partial charge in [0, 0.05) is 16.9 Å². The van der Waals surface area contributed by atoms with Gasteiger partial charge in [-0.25, -0.2) is 8.42 Å². The standard InChI is InChI=1S/C20H18N2O3S/c1-15-7-5-6-10-19(15)21-20(23)16-11-13-17(14-12-16)22-26(24,25)18-8-3-2-4-9-18/h2-14,22H,1H3,(H,21,23). The molecule has 0 atom stereocenters. The monoisotopic (exact) mass is 366 g/mol. The number of hydrogen-bond donors (Lipinski definition) is 2. The number of carbonyl (C=O) groups is 1. The predicted octanol–water partition coefficient (Wildman–Crippen LogP) is 4.05. The summed E-state index contributed by atoms with van der Waals surface area (Å²) >= 11 is 0. The van der Waals surface area contributed by atoms with Crippen molar-refractivity contribution in [3.63, 3.8) is 0 Å². The normalized spacial score (nSPS) is 11.0. The van der Waals surface area contributed by atoms with Gasteiger partial charge in [-0.05, 0) is 55.0 Å². The third-order valence-electron chi connectivity index (χ3n) is 3.85. The van der Waals surface area contributed by atoms with Crippen LogP contribution in [0.2, 0.25) is 0 Å². The molecule has 5 nitrogen and oxygen atoms in total. The second-order valence-corrected chi connectivity index (χ2v) is 7.45. The number of carbonyl (C=O) groups excluding carboxylic acids is 1. The van der Waals surface area contributed by atoms with Crippen LogP contribution < -0.4 is 10.0 Å². The van der Waals surface area contributed by atoms with Crippen LogP contribution in [-0.2, 0) is 10.0 Å². The first kappa shape index (κ1) is 17.7. The Morgan fingerprint density at radius 2 is 1.42 bits per heavy atom. The lowest BCUT2D eigenvalue weighted by Crippen LogP contribution is -2.14. The van der Waals surface area contributed by atoms with Crippen LogP contribution in [0.15, 0.2) is 83.8 Å². The zero-order valence-electron chi connectivity index (χ0n) is 14.1. The summed E-state index contributed by atoms with van der Waals surface area (Å²) in [6, 6.07) is 21.9. The van der Waals surface area contributed by atoms with Gasteiger partial charge in [0.25, 0.3) is 15.9 Å². The van der Waals surface area contributed by atoms with Crippen LogP contribution >= 0.6 is 0 Å². The molecule has 0 radical (unpaired) electrons. The number of hydrogen-bond acceptors (Lipinski definition) is 3. The molecule has 6 heteroatoms. The second-order valence-electron chi connectivity index (χ2n) is 5.76. The highest BCUT2D eigenvalue weighted by Gasteiger charge is 2.14. The summed E-state index contributed by atoms with van der Waals surface area (Å²) in [5.74, 6) is -0.253. The Morgan fingerprint density at radius 1 is 0.808 bits per heavy atom. The van der Waals surface area contributed by atoms with Crippen LogP contribution in [0.25, 0.3) is 0 Å². The zero-order valence-corrected chi connectivity index (χ0v) is 15.0. The molecular formula is C20H18N2O3S. The quantitative estimate of drug-likeness (QED) is 0.715. The van der Waals surface area contributed by atoms with E-state index in [0.717, 1.165) is 11.3 Å². The minimum atomic E-state index is -3.65. The minimum Gasteiger partial charge on any atom is -0.322 e. The number of nitrogens with one attached hydrogen (secondary N) is 2. The Morgan fingerprint density at radius 3 is 2.08 bits per heavy atom. The number of sulfonamides is 1. The molecule has 3 rings (SSSR count). The van der Waals surface area contributed by atoms with Gasteiger partial charge in [-0.3, -0.25) is 9.52 Å². The topological polar surface area (TPSA) is 75.3 Å². The van der Waals surface area contributed by atoms with Crippen molar-refractivity contribution in [1.29, 1.82) is 0 Å². The van der Waals surface area contributed by atoms with Gasteiger partial charge in [-0.2, -0.15) is 0 Å². The van der Waals surface area contributed by atoms with Crippen LogP contribution in [0.3, 0.4) is 0 Å². The number of aryl methyl sites for hydroxylation is 1. The van der Waals surface area contributed by atoms with Crippen LogP contribution in [0, 0.1) is 6.92 Å². The summed E-state index contributed by atoms with van der Waals surface area (Å²) in [7, 11) is -3.65. The van der Waals surface area contributed by atoms with E-state index in [9.17, 15) is 13.2 Å². The number of para-hydroxylation sites is 1. The van der Waals surface area contributed by atoms with E-state index in [1.54, 1.807) is 42.5 Å². The van der Waals surface area contributed by atoms with Crippen molar-refractivity contribution in [2.45, 2.75) is 11.8 Å². The Kier molecular flexibility index (Phi) is 5.04. The van der Waals surface area contributed by atoms with E-state index in [0.29, 0.717) is 11.3 Å². The molecule has 1 amide bonds. The van der Waals surface area contributed by atoms with Crippen LogP contribution in [-0.4, -0.2) is 14.3 Å². The lowest BCUT2D eigenvalue weighted by atomic mass is 10.1. The number of rotatable bonds is 5. The SMILES string of the molecule is Cc1ccccc1NC(=O)c1ccc(NS(=O)(=O)c2ccccc2)cc1. The largest absolute Gasteiger partial charge is 0.322 e. The molecule has 0 unspecified atom stereocenters. The molecule has 0 saturated carbocycles. The molecule has 0 heterocycles. The van der Waals surface area contributed by atoms with Gasteiger partial charge < -0.3 is 5.32 Å². The first-order chi connectivity index (χ1) is 12.5. The van der Waals surface area contributed by atoms with E-state index in [2.05, 4.69) is 10.0 Å². The molecule has 0 spiro atoms. The molecule has 0 aliphatic rings. The van der Waals surface area contributed by atoms with Gasteiger partial charge in [0.1, 0.15) is 0 Å². The fourth-order valence-electron chi connectivity index (χ4n) is 2.41. The molecule has 0 saturated heterocycles. The van der Waals surface area contributed by atoms with E-state index >= 15 is 0 Å². The highest BCUT2D eigenvalue weighted by atomic mass is 32.2. The maximum Gasteiger partial charge on any atom is 0.261 e. The molecular weight excluding hydrogens is 348 g/mol. The van der Waals surface area contributed by atoms with Crippen LogP contribution in [0.4, 0.5) is 11.4 Å². The predicted molar refractivity (Wildman–Crippen MR) is 103 cm³/mol. The zero-order chi connectivity index (χ0) is 18.6. The summed E-state index contributed by atoms with van der Waals surface area (Å²) in [6.45, 7) is 1.91. The van der Waals surface area contributed by atoms with E-state index in [1.807, 2.05) is 31.2 Å². The highest BCUT2D eigenvalue weighted by molar-refractivity contribution is 7.92. The van der Waals surface area contributed by atoms with Gasteiger partial charge >= 0.3 is 0 Å². The van der Waals surface area contributed by atoms with Gasteiger partial charge in [0.15, 0.2) is 0 Å². The summed E-state index contributed by atoms with van der Waals surface area (Å²) < 4.78 is 27.1. The molecule has 0 aromatic heterocycles. The first-order valence-electron chi connectivity index (χ1n) is 8.01. The van der Waals surface area contributed by atoms with E-state index in [1.165, 1.54) is 12.1 Å². The Bertz CT molecular complexity index is 1010. The van der Waals surface area contributed by atoms with Gasteiger partial charge in [0.05, 0.1) is 4.90 Å². The van der Waals surface area contributed by atoms with E-state index in [4.69, 9.17) is 0 Å². The van der Waals surface area contributed by atoms with Crippen molar-refractivity contribution in [2.24, 2.45) is 0 Å². The first-order valence-corrected chi connectivity index (χ1v) is 9.49. The van der Waals surface area contributed by atoms with Crippen molar-refractivity contribution in [3.8, 4) is 0 Å². The Labute approximate surface area is 152 Å². The van der Waals surface area contributed by atoms with Crippen molar-refractivity contribution in [1.82, 2.24) is 0 Å². The lowest BCUT2D eigenvalue weighted by molar-refractivity contribution is 0.102. The summed E-state index contributed by atoms with van der Waals surface area (Å²) in [5.41, 5.74) is 2.54. The molecule has 3 aromatic carbocycles. The number of benzene rings is 3. The molecule has 0 fully saturated rings. The lowest BCUT2D eigenvalue weighted by Gasteiger charge is -2.10. The number of amides is 1. The molecule has 2 N–H and O–H groups in total. The van der Waals surface area contributed by atoms with Crippen LogP contribution in [0.5, 0.6) is 0 Å². The maximum absolute atomic E-state index is 12.3. The molecule has 0 bridgehead atoms. The average molecular weight is 366 g/mol. The van der Waals surface area contributed by atoms with Gasteiger partial charge in [0.2, 0.25) is 0 Å². The van der Waals surface area contributed by atoms with Gasteiger partial charge in [-0.15, -0.1) is 0 Å². The van der Waals surface area contributed by atoms with E-state index < -0.39 is 10.0 Å². The third kappa shape index (κ3) is 4.10. The molecule has 3 aromatic rings. The Balaban J connectivity index is 1.72. The molecule has 26 heavy (non-hydrogen) atoms. The third-order valence-corrected chi connectivity index (χ3v) is 5.24. The van der Waals surface area contributed by atoms with Crippen LogP contribution in [0.1, 0.15) is 15.9 Å². The molecule has 0 aliphatic carbocycles. The van der Waals surface area contributed by atoms with Crippen molar-refractivity contribution in [2.75, 3.05) is 10.0 Å². The molecule has 0 aliphatic heterocycles. The second kappa shape index (κ2) is 7.41. The van der Waals surface area contributed by atoms with Gasteiger partial charge in [-0.1, -0.05) is 36.4 Å². The summed E-state index contributed by atoms with van der Waals surface area (Å²) in [4.78, 5) is 12.5. The Hall–Kier alpha value is -3.12. The van der Waals surface area contributed by atoms with E-state index in [-0.39, 0.29) is 10.8 Å². The summed E-state index contributed by atoms with van der Waals surface area (Å²) in [5, 5.41) is 2.84. The maximum atomic E-state index is 12.3. The smallest absolute Gasteiger partial charge is 0.261 e. The summed E-state index contributed by atoms with van der Waals surface area (Å²) in [6.07, 6.45) is 0. The fourth-order valence-corrected chi connectivity index (χ4v) is 3.49. The van der Waals surface area contributed by atoms with Crippen molar-refractivity contribution >= 4 is 27.3 Å². The molecule has 132 valence electrons. The average Bonchev–Trinajstić information content (AvgIpc) is 2.64. The minimum absolute atomic E-state index is 0.182. The highest BCUT2D eigenvalue weighted by Crippen LogP contribution is 2.18. The fraction of sp³-hybridized carbons (Fsp3) is 0.0500. The number of anilines is 2. The van der Waals surface area contributed by atoms with Crippen molar-refractivity contribution in [3.05, 3.63) is 90.0 Å².